The molecule has 116 valence electrons. The van der Waals surface area contributed by atoms with Gasteiger partial charge in [-0.2, -0.15) is 0 Å². The molecule has 0 fully saturated rings. The maximum absolute atomic E-state index is 12.6. The summed E-state index contributed by atoms with van der Waals surface area (Å²) in [4.78, 5) is 32.9. The number of hydrogen-bond donors (Lipinski definition) is 1. The first kappa shape index (κ1) is 13.9. The summed E-state index contributed by atoms with van der Waals surface area (Å²) in [5.41, 5.74) is 2.52. The number of amides is 1. The highest BCUT2D eigenvalue weighted by molar-refractivity contribution is 6.06. The van der Waals surface area contributed by atoms with Crippen LogP contribution in [-0.2, 0) is 27.8 Å². The Morgan fingerprint density at radius 3 is 3.00 bits per heavy atom. The summed E-state index contributed by atoms with van der Waals surface area (Å²) >= 11 is 0. The average molecular weight is 309 g/mol. The molecule has 6 heteroatoms. The summed E-state index contributed by atoms with van der Waals surface area (Å²) in [6.45, 7) is 2.07. The molecule has 4 rings (SSSR count). The van der Waals surface area contributed by atoms with E-state index in [9.17, 15) is 9.59 Å². The van der Waals surface area contributed by atoms with Crippen molar-refractivity contribution in [1.29, 1.82) is 0 Å². The predicted octanol–water partition coefficient (Wildman–Crippen LogP) is 1.64. The summed E-state index contributed by atoms with van der Waals surface area (Å²) in [6, 6.07) is 5.52. The minimum atomic E-state index is -0.638. The number of rotatable bonds is 2. The van der Waals surface area contributed by atoms with Crippen LogP contribution in [0.4, 0.5) is 5.82 Å². The van der Waals surface area contributed by atoms with Gasteiger partial charge in [0.2, 0.25) is 5.91 Å². The number of carbonyl (C=O) groups excluding carboxylic acids is 2. The van der Waals surface area contributed by atoms with Gasteiger partial charge in [-0.25, -0.2) is 14.8 Å². The Hall–Kier alpha value is -2.76. The summed E-state index contributed by atoms with van der Waals surface area (Å²) in [5, 5.41) is 2.86. The maximum Gasteiger partial charge on any atom is 0.356 e. The van der Waals surface area contributed by atoms with E-state index in [-0.39, 0.29) is 11.6 Å². The van der Waals surface area contributed by atoms with Crippen LogP contribution in [0.25, 0.3) is 0 Å². The van der Waals surface area contributed by atoms with Gasteiger partial charge in [0.05, 0.1) is 12.0 Å². The van der Waals surface area contributed by atoms with E-state index in [0.717, 1.165) is 16.7 Å². The Kier molecular flexibility index (Phi) is 2.94. The fourth-order valence-electron chi connectivity index (χ4n) is 3.47. The lowest BCUT2D eigenvalue weighted by Crippen LogP contribution is -2.35. The Morgan fingerprint density at radius 2 is 2.17 bits per heavy atom. The highest BCUT2D eigenvalue weighted by Gasteiger charge is 2.51. The molecule has 2 aromatic heterocycles. The smallest absolute Gasteiger partial charge is 0.356 e. The van der Waals surface area contributed by atoms with Gasteiger partial charge >= 0.3 is 5.97 Å². The molecule has 3 heterocycles. The fourth-order valence-corrected chi connectivity index (χ4v) is 3.47. The van der Waals surface area contributed by atoms with Gasteiger partial charge in [-0.15, -0.1) is 0 Å². The zero-order chi connectivity index (χ0) is 16.0. The van der Waals surface area contributed by atoms with Crippen molar-refractivity contribution in [2.45, 2.75) is 25.2 Å². The fraction of sp³-hybridized carbons (Fsp3) is 0.294. The molecule has 1 aliphatic heterocycles. The van der Waals surface area contributed by atoms with Crippen LogP contribution < -0.4 is 5.32 Å². The summed E-state index contributed by atoms with van der Waals surface area (Å²) in [5.74, 6) is 0.151. The zero-order valence-corrected chi connectivity index (χ0v) is 12.6. The third-order valence-electron chi connectivity index (χ3n) is 4.54. The van der Waals surface area contributed by atoms with Crippen molar-refractivity contribution in [2.24, 2.45) is 0 Å². The molecular weight excluding hydrogens is 294 g/mol. The first-order valence-electron chi connectivity index (χ1n) is 7.56. The largest absolute Gasteiger partial charge is 0.461 e. The molecule has 0 saturated carbocycles. The summed E-state index contributed by atoms with van der Waals surface area (Å²) in [6.07, 6.45) is 4.46. The van der Waals surface area contributed by atoms with Crippen LogP contribution >= 0.6 is 0 Å². The molecule has 2 aromatic rings. The number of ether oxygens (including phenoxy) is 1. The predicted molar refractivity (Wildman–Crippen MR) is 82.1 cm³/mol. The number of aromatic nitrogens is 2. The number of esters is 1. The molecule has 0 saturated heterocycles. The molecule has 6 nitrogen and oxygen atoms in total. The third kappa shape index (κ3) is 1.94. The van der Waals surface area contributed by atoms with Crippen LogP contribution in [0.1, 0.15) is 34.1 Å². The van der Waals surface area contributed by atoms with Gasteiger partial charge in [0.1, 0.15) is 11.5 Å². The third-order valence-corrected chi connectivity index (χ3v) is 4.54. The van der Waals surface area contributed by atoms with Crippen molar-refractivity contribution in [1.82, 2.24) is 9.97 Å². The highest BCUT2D eigenvalue weighted by atomic mass is 16.5. The Bertz CT molecular complexity index is 834. The zero-order valence-electron chi connectivity index (χ0n) is 12.6. The van der Waals surface area contributed by atoms with Gasteiger partial charge < -0.3 is 10.1 Å². The number of carbonyl (C=O) groups is 2. The van der Waals surface area contributed by atoms with Crippen molar-refractivity contribution in [3.63, 3.8) is 0 Å². The lowest BCUT2D eigenvalue weighted by atomic mass is 9.79. The van der Waals surface area contributed by atoms with Gasteiger partial charge in [0.25, 0.3) is 0 Å². The number of anilines is 1. The molecule has 2 aliphatic rings. The molecule has 0 unspecified atom stereocenters. The highest BCUT2D eigenvalue weighted by Crippen LogP contribution is 2.46. The van der Waals surface area contributed by atoms with Crippen molar-refractivity contribution < 1.29 is 14.3 Å². The van der Waals surface area contributed by atoms with Crippen LogP contribution in [0.2, 0.25) is 0 Å². The summed E-state index contributed by atoms with van der Waals surface area (Å²) < 4.78 is 4.99. The van der Waals surface area contributed by atoms with E-state index < -0.39 is 11.4 Å². The van der Waals surface area contributed by atoms with Crippen LogP contribution in [-0.4, -0.2) is 28.5 Å². The minimum Gasteiger partial charge on any atom is -0.461 e. The van der Waals surface area contributed by atoms with Gasteiger partial charge in [0, 0.05) is 18.0 Å². The monoisotopic (exact) mass is 309 g/mol. The molecule has 1 atom stereocenters. The normalized spacial score (nSPS) is 21.0. The first-order chi connectivity index (χ1) is 11.1. The van der Waals surface area contributed by atoms with Crippen molar-refractivity contribution >= 4 is 17.7 Å². The van der Waals surface area contributed by atoms with Crippen LogP contribution in [0.15, 0.2) is 30.6 Å². The number of nitrogens with zero attached hydrogens (tertiary/aromatic N) is 2. The van der Waals surface area contributed by atoms with Gasteiger partial charge in [-0.3, -0.25) is 4.79 Å². The van der Waals surface area contributed by atoms with Gasteiger partial charge in [-0.1, -0.05) is 6.07 Å². The standard InChI is InChI=1S/C17H15N3O3/c1-2-23-15(21)13-6-10-7-17(8-11(10)9-19-13)12-4-3-5-18-14(12)20-16(17)22/h3-6,9H,2,7-8H2,1H3,(H,18,20,22)/t17-/m1/s1. The number of nitrogens with one attached hydrogen (secondary N) is 1. The molecular formula is C17H15N3O3. The molecule has 23 heavy (non-hydrogen) atoms. The van der Waals surface area contributed by atoms with E-state index in [1.54, 1.807) is 25.4 Å². The second-order valence-electron chi connectivity index (χ2n) is 5.85. The van der Waals surface area contributed by atoms with Crippen molar-refractivity contribution in [3.8, 4) is 0 Å². The van der Waals surface area contributed by atoms with E-state index in [2.05, 4.69) is 15.3 Å². The van der Waals surface area contributed by atoms with Crippen LogP contribution in [0, 0.1) is 0 Å². The first-order valence-corrected chi connectivity index (χ1v) is 7.56. The molecule has 0 radical (unpaired) electrons. The van der Waals surface area contributed by atoms with E-state index in [0.29, 0.717) is 25.3 Å². The Morgan fingerprint density at radius 1 is 1.35 bits per heavy atom. The van der Waals surface area contributed by atoms with E-state index in [4.69, 9.17) is 4.74 Å². The molecule has 1 amide bonds. The molecule has 1 N–H and O–H groups in total. The van der Waals surface area contributed by atoms with Gasteiger partial charge in [-0.05, 0) is 43.0 Å². The Labute approximate surface area is 132 Å². The minimum absolute atomic E-state index is 0.0416. The SMILES string of the molecule is CCOC(=O)c1cc2c(cn1)C[C@@]1(C2)C(=O)Nc2ncccc21. The number of pyridine rings is 2. The molecule has 1 aliphatic carbocycles. The lowest BCUT2D eigenvalue weighted by Gasteiger charge is -2.20. The number of hydrogen-bond acceptors (Lipinski definition) is 5. The topological polar surface area (TPSA) is 81.2 Å². The Balaban J connectivity index is 1.73. The second kappa shape index (κ2) is 4.87. The van der Waals surface area contributed by atoms with E-state index >= 15 is 0 Å². The maximum atomic E-state index is 12.6. The van der Waals surface area contributed by atoms with Crippen molar-refractivity contribution in [2.75, 3.05) is 11.9 Å². The molecule has 0 aromatic carbocycles. The van der Waals surface area contributed by atoms with E-state index in [1.165, 1.54) is 0 Å². The van der Waals surface area contributed by atoms with Crippen LogP contribution in [0.5, 0.6) is 0 Å². The lowest BCUT2D eigenvalue weighted by molar-refractivity contribution is -0.120. The average Bonchev–Trinajstić information content (AvgIpc) is 3.06. The van der Waals surface area contributed by atoms with Crippen LogP contribution in [0.3, 0.4) is 0 Å². The molecule has 0 bridgehead atoms. The quantitative estimate of drug-likeness (QED) is 0.853. The number of fused-ring (bicyclic) bond motifs is 3. The van der Waals surface area contributed by atoms with Crippen molar-refractivity contribution in [3.05, 3.63) is 53.0 Å². The van der Waals surface area contributed by atoms with E-state index in [1.807, 2.05) is 12.1 Å². The van der Waals surface area contributed by atoms with Gasteiger partial charge in [0.15, 0.2) is 0 Å². The molecule has 1 spiro atoms. The second-order valence-corrected chi connectivity index (χ2v) is 5.85. The summed E-state index contributed by atoms with van der Waals surface area (Å²) in [7, 11) is 0.